The Morgan fingerprint density at radius 2 is 1.47 bits per heavy atom. The second-order valence-corrected chi connectivity index (χ2v) is 7.07. The summed E-state index contributed by atoms with van der Waals surface area (Å²) in [5.41, 5.74) is 5.59. The first-order valence-electron chi connectivity index (χ1n) is 9.05. The van der Waals surface area contributed by atoms with Crippen LogP contribution in [0.4, 0.5) is 5.69 Å². The molecule has 7 heteroatoms. The molecule has 3 aromatic carbocycles. The average Bonchev–Trinajstić information content (AvgIpc) is 3.17. The minimum atomic E-state index is 0. The van der Waals surface area contributed by atoms with Crippen molar-refractivity contribution in [2.45, 2.75) is 19.4 Å². The first-order chi connectivity index (χ1) is 13.2. The van der Waals surface area contributed by atoms with Gasteiger partial charge in [0, 0.05) is 12.1 Å². The Bertz CT molecular complexity index is 967. The van der Waals surface area contributed by atoms with Crippen molar-refractivity contribution in [1.82, 2.24) is 5.01 Å². The van der Waals surface area contributed by atoms with Crippen LogP contribution in [0.2, 0.25) is 0 Å². The molecule has 4 rings (SSSR count). The molecule has 158 valence electrons. The second-order valence-electron chi connectivity index (χ2n) is 6.68. The van der Waals surface area contributed by atoms with Crippen LogP contribution in [0, 0.1) is 6.92 Å². The summed E-state index contributed by atoms with van der Waals surface area (Å²) in [7, 11) is 0. The summed E-state index contributed by atoms with van der Waals surface area (Å²) in [6.07, 6.45) is 0.823. The maximum Gasteiger partial charge on any atom is 2.00 e. The molecule has 1 aliphatic rings. The van der Waals surface area contributed by atoms with Gasteiger partial charge in [0.2, 0.25) is 0 Å². The van der Waals surface area contributed by atoms with Crippen LogP contribution in [0.25, 0.3) is 0 Å². The van der Waals surface area contributed by atoms with Crippen molar-refractivity contribution < 1.29 is 45.2 Å². The number of anilines is 1. The zero-order valence-corrected chi connectivity index (χ0v) is 20.1. The maximum absolute atomic E-state index is 5.72. The van der Waals surface area contributed by atoms with Gasteiger partial charge in [0.15, 0.2) is 5.11 Å². The summed E-state index contributed by atoms with van der Waals surface area (Å²) in [5, 5.41) is 10.8. The molecule has 0 fully saturated rings. The number of hydrogen-bond acceptors (Lipinski definition) is 2. The third-order valence-corrected chi connectivity index (χ3v) is 5.00. The fraction of sp³-hybridized carbons (Fsp3) is 0.130. The summed E-state index contributed by atoms with van der Waals surface area (Å²) in [5.74, 6) is 0. The van der Waals surface area contributed by atoms with Crippen LogP contribution in [0.1, 0.15) is 29.2 Å². The van der Waals surface area contributed by atoms with E-state index in [0.29, 0.717) is 5.11 Å². The number of benzene rings is 3. The molecule has 0 aliphatic carbocycles. The quantitative estimate of drug-likeness (QED) is 0.355. The number of halogens is 2. The molecule has 0 aromatic heterocycles. The summed E-state index contributed by atoms with van der Waals surface area (Å²) >= 11 is 5.72. The molecule has 1 unspecified atom stereocenters. The van der Waals surface area contributed by atoms with Crippen molar-refractivity contribution >= 4 is 28.7 Å². The number of aryl methyl sites for hydroxylation is 1. The van der Waals surface area contributed by atoms with E-state index in [4.69, 9.17) is 17.3 Å². The van der Waals surface area contributed by atoms with Gasteiger partial charge in [-0.2, -0.15) is 5.10 Å². The molecular formula is C23H21Cl2N3PdS. The average molecular weight is 549 g/mol. The van der Waals surface area contributed by atoms with Crippen molar-refractivity contribution in [3.8, 4) is 0 Å². The molecule has 1 atom stereocenters. The zero-order valence-electron chi connectivity index (χ0n) is 16.2. The van der Waals surface area contributed by atoms with Crippen LogP contribution >= 0.6 is 12.2 Å². The first-order valence-corrected chi connectivity index (χ1v) is 9.46. The summed E-state index contributed by atoms with van der Waals surface area (Å²) < 4.78 is 0. The van der Waals surface area contributed by atoms with Gasteiger partial charge in [0.05, 0.1) is 11.8 Å². The van der Waals surface area contributed by atoms with E-state index >= 15 is 0 Å². The third kappa shape index (κ3) is 6.14. The van der Waals surface area contributed by atoms with E-state index in [1.54, 1.807) is 0 Å². The van der Waals surface area contributed by atoms with Gasteiger partial charge < -0.3 is 30.1 Å². The van der Waals surface area contributed by atoms with Gasteiger partial charge in [0.25, 0.3) is 0 Å². The van der Waals surface area contributed by atoms with Crippen molar-refractivity contribution in [3.63, 3.8) is 0 Å². The molecule has 0 saturated carbocycles. The molecule has 0 radical (unpaired) electrons. The molecule has 0 bridgehead atoms. The third-order valence-electron chi connectivity index (χ3n) is 4.71. The zero-order chi connectivity index (χ0) is 18.6. The van der Waals surface area contributed by atoms with Gasteiger partial charge in [-0.1, -0.05) is 78.4 Å². The van der Waals surface area contributed by atoms with Crippen LogP contribution < -0.4 is 30.1 Å². The molecule has 0 saturated heterocycles. The van der Waals surface area contributed by atoms with Gasteiger partial charge in [0.1, 0.15) is 0 Å². The predicted octanol–water partition coefficient (Wildman–Crippen LogP) is -0.451. The van der Waals surface area contributed by atoms with Gasteiger partial charge in [-0.05, 0) is 42.4 Å². The Hall–Kier alpha value is -1.74. The SMILES string of the molecule is Cc1ccc(NC(=S)N2N=C(c3ccccc3)CC2c2ccccc2)cc1.[Cl-].[Cl-].[Pd+2]. The second kappa shape index (κ2) is 12.2. The van der Waals surface area contributed by atoms with Gasteiger partial charge >= 0.3 is 20.4 Å². The Balaban J connectivity index is 0.00000150. The summed E-state index contributed by atoms with van der Waals surface area (Å²) in [4.78, 5) is 0. The van der Waals surface area contributed by atoms with E-state index in [1.807, 2.05) is 41.4 Å². The largest absolute Gasteiger partial charge is 2.00 e. The fourth-order valence-corrected chi connectivity index (χ4v) is 3.54. The van der Waals surface area contributed by atoms with Crippen LogP contribution in [-0.4, -0.2) is 15.8 Å². The fourth-order valence-electron chi connectivity index (χ4n) is 3.26. The molecule has 3 nitrogen and oxygen atoms in total. The predicted molar refractivity (Wildman–Crippen MR) is 116 cm³/mol. The Kier molecular flexibility index (Phi) is 10.7. The topological polar surface area (TPSA) is 27.6 Å². The first kappa shape index (κ1) is 26.3. The van der Waals surface area contributed by atoms with Crippen molar-refractivity contribution in [2.24, 2.45) is 5.10 Å². The Morgan fingerprint density at radius 3 is 2.07 bits per heavy atom. The molecule has 30 heavy (non-hydrogen) atoms. The van der Waals surface area contributed by atoms with Gasteiger partial charge in [-0.25, -0.2) is 5.01 Å². The molecule has 0 spiro atoms. The molecule has 1 N–H and O–H groups in total. The monoisotopic (exact) mass is 547 g/mol. The van der Waals surface area contributed by atoms with Crippen molar-refractivity contribution in [2.75, 3.05) is 5.32 Å². The van der Waals surface area contributed by atoms with Crippen molar-refractivity contribution in [3.05, 3.63) is 102 Å². The van der Waals surface area contributed by atoms with E-state index in [1.165, 1.54) is 11.1 Å². The minimum absolute atomic E-state index is 0. The summed E-state index contributed by atoms with van der Waals surface area (Å²) in [6, 6.07) is 29.0. The van der Waals surface area contributed by atoms with E-state index < -0.39 is 0 Å². The molecular weight excluding hydrogens is 528 g/mol. The summed E-state index contributed by atoms with van der Waals surface area (Å²) in [6.45, 7) is 2.07. The van der Waals surface area contributed by atoms with Crippen LogP contribution in [0.3, 0.4) is 0 Å². The Labute approximate surface area is 209 Å². The van der Waals surface area contributed by atoms with Crippen LogP contribution in [0.15, 0.2) is 90.0 Å². The van der Waals surface area contributed by atoms with Gasteiger partial charge in [-0.15, -0.1) is 0 Å². The minimum Gasteiger partial charge on any atom is -1.00 e. The number of hydrazone groups is 1. The number of nitrogens with zero attached hydrogens (tertiary/aromatic N) is 2. The number of nitrogens with one attached hydrogen (secondary N) is 1. The van der Waals surface area contributed by atoms with E-state index in [2.05, 4.69) is 60.8 Å². The number of thiocarbonyl (C=S) groups is 1. The molecule has 1 heterocycles. The maximum atomic E-state index is 5.72. The molecule has 1 aliphatic heterocycles. The van der Waals surface area contributed by atoms with Crippen LogP contribution in [0.5, 0.6) is 0 Å². The van der Waals surface area contributed by atoms with E-state index in [0.717, 1.165) is 23.4 Å². The molecule has 3 aromatic rings. The van der Waals surface area contributed by atoms with Crippen molar-refractivity contribution in [1.29, 1.82) is 0 Å². The van der Waals surface area contributed by atoms with E-state index in [9.17, 15) is 0 Å². The number of rotatable bonds is 3. The van der Waals surface area contributed by atoms with E-state index in [-0.39, 0.29) is 51.3 Å². The smallest absolute Gasteiger partial charge is 1.00 e. The normalized spacial score (nSPS) is 14.5. The van der Waals surface area contributed by atoms with Gasteiger partial charge in [-0.3, -0.25) is 0 Å². The van der Waals surface area contributed by atoms with Crippen LogP contribution in [-0.2, 0) is 20.4 Å². The number of hydrogen-bond donors (Lipinski definition) is 1. The standard InChI is InChI=1S/C23H21N3S.2ClH.Pd/c1-17-12-14-20(15-13-17)24-23(27)26-22(19-10-6-3-7-11-19)16-21(25-26)18-8-4-2-5-9-18;;;/h2-15,22H,16H2,1H3,(H,24,27);2*1H;/q;;;+2/p-2. The Morgan fingerprint density at radius 1 is 0.900 bits per heavy atom. The molecule has 0 amide bonds.